The molecule has 0 amide bonds. The van der Waals surface area contributed by atoms with Crippen LogP contribution in [0, 0.1) is 11.8 Å². The molecule has 258 valence electrons. The number of ether oxygens (including phenoxy) is 2. The fraction of sp³-hybridized carbons (Fsp3) is 0.500. The Morgan fingerprint density at radius 1 is 0.729 bits per heavy atom. The van der Waals surface area contributed by atoms with Crippen LogP contribution in [-0.4, -0.2) is 29.5 Å². The Labute approximate surface area is 289 Å². The average molecular weight is 651 g/mol. The van der Waals surface area contributed by atoms with Crippen molar-refractivity contribution in [3.63, 3.8) is 0 Å². The highest BCUT2D eigenvalue weighted by Crippen LogP contribution is 2.46. The Hall–Kier alpha value is -3.18. The highest BCUT2D eigenvalue weighted by atomic mass is 16.5. The van der Waals surface area contributed by atoms with Gasteiger partial charge in [-0.05, 0) is 91.0 Å². The number of hydrogen-bond donors (Lipinski definition) is 2. The SMILES string of the molecule is CCCC(C)(OCC(C)COc1ccc(C(C)(C)c2ccc(C(C)(O)C3CC3)cc2)cc1)c1ccc(C(C)(C)C2=CCC(O)C=C2)cc1. The van der Waals surface area contributed by atoms with Crippen LogP contribution in [0.1, 0.15) is 115 Å². The summed E-state index contributed by atoms with van der Waals surface area (Å²) in [6.45, 7) is 18.7. The maximum Gasteiger partial charge on any atom is 0.119 e. The molecule has 48 heavy (non-hydrogen) atoms. The number of allylic oxidation sites excluding steroid dienone is 2. The van der Waals surface area contributed by atoms with Crippen LogP contribution < -0.4 is 4.74 Å². The molecule has 1 saturated carbocycles. The van der Waals surface area contributed by atoms with Crippen LogP contribution in [0.25, 0.3) is 0 Å². The molecule has 3 aromatic rings. The fourth-order valence-corrected chi connectivity index (χ4v) is 7.11. The zero-order valence-corrected chi connectivity index (χ0v) is 30.6. The molecule has 3 aromatic carbocycles. The van der Waals surface area contributed by atoms with E-state index in [-0.39, 0.29) is 28.5 Å². The summed E-state index contributed by atoms with van der Waals surface area (Å²) < 4.78 is 12.9. The smallest absolute Gasteiger partial charge is 0.119 e. The highest BCUT2D eigenvalue weighted by molar-refractivity contribution is 5.44. The number of benzene rings is 3. The molecule has 0 heterocycles. The minimum absolute atomic E-state index is 0.138. The third kappa shape index (κ3) is 7.99. The van der Waals surface area contributed by atoms with E-state index in [4.69, 9.17) is 9.47 Å². The Kier molecular flexibility index (Phi) is 10.8. The quantitative estimate of drug-likeness (QED) is 0.172. The second-order valence-electron chi connectivity index (χ2n) is 15.9. The van der Waals surface area contributed by atoms with E-state index in [9.17, 15) is 10.2 Å². The van der Waals surface area contributed by atoms with Gasteiger partial charge in [0.2, 0.25) is 0 Å². The van der Waals surface area contributed by atoms with E-state index in [0.717, 1.165) is 37.0 Å². The van der Waals surface area contributed by atoms with Crippen LogP contribution in [0.2, 0.25) is 0 Å². The summed E-state index contributed by atoms with van der Waals surface area (Å²) >= 11 is 0. The van der Waals surface area contributed by atoms with Crippen molar-refractivity contribution in [2.24, 2.45) is 11.8 Å². The number of hydrogen-bond acceptors (Lipinski definition) is 4. The molecule has 4 unspecified atom stereocenters. The first-order valence-corrected chi connectivity index (χ1v) is 18.1. The minimum atomic E-state index is -0.737. The van der Waals surface area contributed by atoms with Gasteiger partial charge >= 0.3 is 0 Å². The molecule has 5 rings (SSSR count). The topological polar surface area (TPSA) is 58.9 Å². The zero-order valence-electron chi connectivity index (χ0n) is 30.6. The van der Waals surface area contributed by atoms with Gasteiger partial charge in [0.15, 0.2) is 0 Å². The highest BCUT2D eigenvalue weighted by Gasteiger charge is 2.41. The summed E-state index contributed by atoms with van der Waals surface area (Å²) in [5.41, 5.74) is 5.73. The molecule has 2 N–H and O–H groups in total. The molecular formula is C44H58O4. The third-order valence-electron chi connectivity index (χ3n) is 11.1. The fourth-order valence-electron chi connectivity index (χ4n) is 7.11. The predicted molar refractivity (Wildman–Crippen MR) is 197 cm³/mol. The Morgan fingerprint density at radius 3 is 1.77 bits per heavy atom. The average Bonchev–Trinajstić information content (AvgIpc) is 3.94. The van der Waals surface area contributed by atoms with Crippen molar-refractivity contribution < 1.29 is 19.7 Å². The van der Waals surface area contributed by atoms with Crippen molar-refractivity contribution in [3.05, 3.63) is 124 Å². The van der Waals surface area contributed by atoms with Gasteiger partial charge < -0.3 is 19.7 Å². The van der Waals surface area contributed by atoms with Crippen LogP contribution in [0.3, 0.4) is 0 Å². The number of aliphatic hydroxyl groups excluding tert-OH is 1. The number of aliphatic hydroxyl groups is 2. The van der Waals surface area contributed by atoms with Crippen LogP contribution in [0.4, 0.5) is 0 Å². The van der Waals surface area contributed by atoms with E-state index in [1.54, 1.807) is 0 Å². The Balaban J connectivity index is 1.16. The van der Waals surface area contributed by atoms with Gasteiger partial charge in [-0.25, -0.2) is 0 Å². The predicted octanol–water partition coefficient (Wildman–Crippen LogP) is 9.90. The lowest BCUT2D eigenvalue weighted by atomic mass is 9.75. The van der Waals surface area contributed by atoms with Crippen molar-refractivity contribution in [2.75, 3.05) is 13.2 Å². The molecular weight excluding hydrogens is 592 g/mol. The van der Waals surface area contributed by atoms with Crippen molar-refractivity contribution >= 4 is 0 Å². The summed E-state index contributed by atoms with van der Waals surface area (Å²) in [5.74, 6) is 1.47. The number of rotatable bonds is 15. The molecule has 0 aliphatic heterocycles. The maximum atomic E-state index is 11.0. The van der Waals surface area contributed by atoms with Gasteiger partial charge in [-0.15, -0.1) is 0 Å². The summed E-state index contributed by atoms with van der Waals surface area (Å²) in [6.07, 6.45) is 10.6. The van der Waals surface area contributed by atoms with Gasteiger partial charge in [0.25, 0.3) is 0 Å². The lowest BCUT2D eigenvalue weighted by molar-refractivity contribution is -0.0616. The van der Waals surface area contributed by atoms with E-state index < -0.39 is 5.60 Å². The normalized spacial score (nSPS) is 20.0. The van der Waals surface area contributed by atoms with Crippen LogP contribution in [0.5, 0.6) is 5.75 Å². The standard InChI is InChI=1S/C44H58O4/c1-9-28-43(7,36-14-10-32(11-15-36)41(3,4)34-20-24-39(45)25-21-34)48-30-31(2)29-47-40-26-22-35(23-27-40)42(5,6)33-12-16-37(17-13-33)44(8,46)38-18-19-38/h10-17,20-24,26-27,31,38-39,45-46H,9,18-19,25,28-30H2,1-8H3. The zero-order chi connectivity index (χ0) is 34.7. The van der Waals surface area contributed by atoms with Crippen molar-refractivity contribution in [1.82, 2.24) is 0 Å². The van der Waals surface area contributed by atoms with Gasteiger partial charge in [0, 0.05) is 16.7 Å². The third-order valence-corrected chi connectivity index (χ3v) is 11.1. The van der Waals surface area contributed by atoms with Crippen molar-refractivity contribution in [3.8, 4) is 5.75 Å². The Bertz CT molecular complexity index is 1560. The Morgan fingerprint density at radius 2 is 1.25 bits per heavy atom. The minimum Gasteiger partial charge on any atom is -0.493 e. The molecule has 0 radical (unpaired) electrons. The second kappa shape index (κ2) is 14.4. The molecule has 1 fully saturated rings. The van der Waals surface area contributed by atoms with E-state index in [1.165, 1.54) is 27.8 Å². The molecule has 0 saturated heterocycles. The maximum absolute atomic E-state index is 11.0. The van der Waals surface area contributed by atoms with Crippen LogP contribution in [-0.2, 0) is 26.8 Å². The lowest BCUT2D eigenvalue weighted by Crippen LogP contribution is -2.30. The van der Waals surface area contributed by atoms with Gasteiger partial charge in [-0.2, -0.15) is 0 Å². The first-order chi connectivity index (χ1) is 22.7. The van der Waals surface area contributed by atoms with Gasteiger partial charge in [0.05, 0.1) is 30.5 Å². The van der Waals surface area contributed by atoms with E-state index in [1.807, 2.05) is 13.0 Å². The van der Waals surface area contributed by atoms with Crippen LogP contribution >= 0.6 is 0 Å². The van der Waals surface area contributed by atoms with E-state index in [0.29, 0.717) is 25.6 Å². The van der Waals surface area contributed by atoms with Gasteiger partial charge in [-0.3, -0.25) is 0 Å². The van der Waals surface area contributed by atoms with Gasteiger partial charge in [-0.1, -0.05) is 127 Å². The molecule has 0 aromatic heterocycles. The summed E-state index contributed by atoms with van der Waals surface area (Å²) in [6, 6.07) is 25.9. The molecule has 2 aliphatic rings. The van der Waals surface area contributed by atoms with Crippen LogP contribution in [0.15, 0.2) is 96.6 Å². The molecule has 2 aliphatic carbocycles. The van der Waals surface area contributed by atoms with Crippen molar-refractivity contribution in [2.45, 2.75) is 116 Å². The molecule has 4 nitrogen and oxygen atoms in total. The first kappa shape index (κ1) is 36.1. The lowest BCUT2D eigenvalue weighted by Gasteiger charge is -2.33. The molecule has 0 bridgehead atoms. The molecule has 4 heteroatoms. The van der Waals surface area contributed by atoms with Gasteiger partial charge in [0.1, 0.15) is 5.75 Å². The second-order valence-corrected chi connectivity index (χ2v) is 15.9. The largest absolute Gasteiger partial charge is 0.493 e. The molecule has 4 atom stereocenters. The van der Waals surface area contributed by atoms with E-state index in [2.05, 4.69) is 133 Å². The summed E-state index contributed by atoms with van der Waals surface area (Å²) in [7, 11) is 0. The first-order valence-electron chi connectivity index (χ1n) is 18.1. The summed E-state index contributed by atoms with van der Waals surface area (Å²) in [4.78, 5) is 0. The molecule has 0 spiro atoms. The van der Waals surface area contributed by atoms with Crippen molar-refractivity contribution in [1.29, 1.82) is 0 Å². The monoisotopic (exact) mass is 650 g/mol. The summed E-state index contributed by atoms with van der Waals surface area (Å²) in [5, 5.41) is 20.8. The van der Waals surface area contributed by atoms with E-state index >= 15 is 0 Å².